The van der Waals surface area contributed by atoms with Crippen LogP contribution >= 0.6 is 0 Å². The van der Waals surface area contributed by atoms with E-state index in [2.05, 4.69) is 10.6 Å². The molecule has 0 aromatic heterocycles. The van der Waals surface area contributed by atoms with Crippen molar-refractivity contribution in [3.05, 3.63) is 84.4 Å². The maximum atomic E-state index is 12.3. The molecule has 2 N–H and O–H groups in total. The summed E-state index contributed by atoms with van der Waals surface area (Å²) in [7, 11) is 1.61. The van der Waals surface area contributed by atoms with Crippen molar-refractivity contribution in [2.45, 2.75) is 0 Å². The number of carbonyl (C=O) groups is 1. The molecule has 0 heterocycles. The molecule has 0 radical (unpaired) electrons. The summed E-state index contributed by atoms with van der Waals surface area (Å²) in [4.78, 5) is 12.3. The van der Waals surface area contributed by atoms with Crippen LogP contribution in [0.2, 0.25) is 0 Å². The first-order chi connectivity index (χ1) is 13.2. The summed E-state index contributed by atoms with van der Waals surface area (Å²) in [5.74, 6) is 1.45. The molecule has 1 amide bonds. The van der Waals surface area contributed by atoms with Crippen LogP contribution in [0.5, 0.6) is 11.5 Å². The third-order valence-electron chi connectivity index (χ3n) is 3.94. The van der Waals surface area contributed by atoms with Gasteiger partial charge in [-0.05, 0) is 60.7 Å². The van der Waals surface area contributed by atoms with Crippen LogP contribution < -0.4 is 20.1 Å². The second-order valence-electron chi connectivity index (χ2n) is 5.85. The summed E-state index contributed by atoms with van der Waals surface area (Å²) in [6.07, 6.45) is 0. The van der Waals surface area contributed by atoms with Gasteiger partial charge in [-0.2, -0.15) is 0 Å². The van der Waals surface area contributed by atoms with Crippen molar-refractivity contribution >= 4 is 17.3 Å². The molecule has 0 aliphatic rings. The van der Waals surface area contributed by atoms with Crippen molar-refractivity contribution < 1.29 is 14.3 Å². The Bertz CT molecular complexity index is 847. The van der Waals surface area contributed by atoms with Crippen LogP contribution in [-0.2, 0) is 0 Å². The van der Waals surface area contributed by atoms with Gasteiger partial charge < -0.3 is 20.1 Å². The standard InChI is InChI=1S/C22H22N2O3/c1-26-20-13-11-19(12-14-20)24-22(25)17-7-9-18(10-8-17)23-15-16-27-21-5-3-2-4-6-21/h2-14,23H,15-16H2,1H3,(H,24,25). The van der Waals surface area contributed by atoms with Crippen molar-refractivity contribution in [1.82, 2.24) is 0 Å². The topological polar surface area (TPSA) is 59.6 Å². The monoisotopic (exact) mass is 362 g/mol. The number of methoxy groups -OCH3 is 1. The predicted octanol–water partition coefficient (Wildman–Crippen LogP) is 4.44. The maximum absolute atomic E-state index is 12.3. The fourth-order valence-electron chi connectivity index (χ4n) is 2.50. The second-order valence-corrected chi connectivity index (χ2v) is 5.85. The highest BCUT2D eigenvalue weighted by atomic mass is 16.5. The van der Waals surface area contributed by atoms with Gasteiger partial charge in [0.25, 0.3) is 5.91 Å². The Labute approximate surface area is 158 Å². The van der Waals surface area contributed by atoms with E-state index in [1.54, 1.807) is 43.5 Å². The highest BCUT2D eigenvalue weighted by molar-refractivity contribution is 6.04. The molecule has 0 saturated carbocycles. The van der Waals surface area contributed by atoms with E-state index in [0.717, 1.165) is 22.9 Å². The number of anilines is 2. The zero-order valence-electron chi connectivity index (χ0n) is 15.1. The van der Waals surface area contributed by atoms with Crippen LogP contribution in [0.1, 0.15) is 10.4 Å². The van der Waals surface area contributed by atoms with Gasteiger partial charge >= 0.3 is 0 Å². The largest absolute Gasteiger partial charge is 0.497 e. The molecule has 3 aromatic rings. The fraction of sp³-hybridized carbons (Fsp3) is 0.136. The van der Waals surface area contributed by atoms with E-state index in [1.807, 2.05) is 42.5 Å². The highest BCUT2D eigenvalue weighted by Crippen LogP contribution is 2.17. The third kappa shape index (κ3) is 5.51. The van der Waals surface area contributed by atoms with E-state index in [0.29, 0.717) is 18.7 Å². The first kappa shape index (κ1) is 18.3. The number of carbonyl (C=O) groups excluding carboxylic acids is 1. The number of rotatable bonds is 8. The van der Waals surface area contributed by atoms with Crippen LogP contribution in [0.4, 0.5) is 11.4 Å². The quantitative estimate of drug-likeness (QED) is 0.582. The lowest BCUT2D eigenvalue weighted by atomic mass is 10.2. The normalized spacial score (nSPS) is 10.1. The Morgan fingerprint density at radius 2 is 1.48 bits per heavy atom. The number of hydrogen-bond acceptors (Lipinski definition) is 4. The van der Waals surface area contributed by atoms with Crippen molar-refractivity contribution in [3.8, 4) is 11.5 Å². The summed E-state index contributed by atoms with van der Waals surface area (Å²) in [6.45, 7) is 1.23. The molecule has 0 fully saturated rings. The minimum absolute atomic E-state index is 0.154. The van der Waals surface area contributed by atoms with E-state index in [1.165, 1.54) is 0 Å². The van der Waals surface area contributed by atoms with Crippen molar-refractivity contribution in [3.63, 3.8) is 0 Å². The number of nitrogens with one attached hydrogen (secondary N) is 2. The smallest absolute Gasteiger partial charge is 0.255 e. The first-order valence-corrected chi connectivity index (χ1v) is 8.72. The molecule has 0 aliphatic carbocycles. The minimum Gasteiger partial charge on any atom is -0.497 e. The summed E-state index contributed by atoms with van der Waals surface area (Å²) >= 11 is 0. The molecule has 0 spiro atoms. The predicted molar refractivity (Wildman–Crippen MR) is 108 cm³/mol. The van der Waals surface area contributed by atoms with E-state index in [9.17, 15) is 4.79 Å². The molecular formula is C22H22N2O3. The maximum Gasteiger partial charge on any atom is 0.255 e. The zero-order valence-corrected chi connectivity index (χ0v) is 15.1. The summed E-state index contributed by atoms with van der Waals surface area (Å²) < 4.78 is 10.7. The number of benzene rings is 3. The molecule has 0 aliphatic heterocycles. The van der Waals surface area contributed by atoms with Gasteiger partial charge in [0.05, 0.1) is 7.11 Å². The van der Waals surface area contributed by atoms with Gasteiger partial charge in [0.15, 0.2) is 0 Å². The van der Waals surface area contributed by atoms with Gasteiger partial charge in [0.2, 0.25) is 0 Å². The molecule has 0 atom stereocenters. The zero-order chi connectivity index (χ0) is 18.9. The first-order valence-electron chi connectivity index (χ1n) is 8.72. The molecule has 0 unspecified atom stereocenters. The van der Waals surface area contributed by atoms with Crippen molar-refractivity contribution in [2.75, 3.05) is 30.9 Å². The van der Waals surface area contributed by atoms with Crippen LogP contribution in [0, 0.1) is 0 Å². The van der Waals surface area contributed by atoms with Crippen LogP contribution in [0.25, 0.3) is 0 Å². The van der Waals surface area contributed by atoms with Crippen LogP contribution in [-0.4, -0.2) is 26.2 Å². The van der Waals surface area contributed by atoms with E-state index < -0.39 is 0 Å². The molecule has 5 nitrogen and oxygen atoms in total. The van der Waals surface area contributed by atoms with Gasteiger partial charge in [-0.3, -0.25) is 4.79 Å². The highest BCUT2D eigenvalue weighted by Gasteiger charge is 2.06. The summed E-state index contributed by atoms with van der Waals surface area (Å²) in [5.41, 5.74) is 2.26. The Morgan fingerprint density at radius 1 is 0.815 bits per heavy atom. The van der Waals surface area contributed by atoms with E-state index in [-0.39, 0.29) is 5.91 Å². The summed E-state index contributed by atoms with van der Waals surface area (Å²) in [5, 5.41) is 6.14. The lowest BCUT2D eigenvalue weighted by Crippen LogP contribution is -2.13. The average molecular weight is 362 g/mol. The van der Waals surface area contributed by atoms with Gasteiger partial charge in [-0.25, -0.2) is 0 Å². The van der Waals surface area contributed by atoms with Gasteiger partial charge in [0, 0.05) is 23.5 Å². The lowest BCUT2D eigenvalue weighted by Gasteiger charge is -2.10. The molecule has 0 saturated heterocycles. The Balaban J connectivity index is 1.46. The molecule has 0 bridgehead atoms. The average Bonchev–Trinajstić information content (AvgIpc) is 2.73. The van der Waals surface area contributed by atoms with Gasteiger partial charge in [-0.1, -0.05) is 18.2 Å². The molecule has 3 rings (SSSR count). The van der Waals surface area contributed by atoms with Gasteiger partial charge in [0.1, 0.15) is 18.1 Å². The van der Waals surface area contributed by atoms with Crippen LogP contribution in [0.3, 0.4) is 0 Å². The Hall–Kier alpha value is -3.47. The van der Waals surface area contributed by atoms with Crippen molar-refractivity contribution in [2.24, 2.45) is 0 Å². The van der Waals surface area contributed by atoms with E-state index >= 15 is 0 Å². The van der Waals surface area contributed by atoms with Crippen LogP contribution in [0.15, 0.2) is 78.9 Å². The number of para-hydroxylation sites is 1. The molecule has 3 aromatic carbocycles. The third-order valence-corrected chi connectivity index (χ3v) is 3.94. The number of ether oxygens (including phenoxy) is 2. The van der Waals surface area contributed by atoms with E-state index in [4.69, 9.17) is 9.47 Å². The molecule has 27 heavy (non-hydrogen) atoms. The van der Waals surface area contributed by atoms with Gasteiger partial charge in [-0.15, -0.1) is 0 Å². The number of hydrogen-bond donors (Lipinski definition) is 2. The lowest BCUT2D eigenvalue weighted by molar-refractivity contribution is 0.102. The SMILES string of the molecule is COc1ccc(NC(=O)c2ccc(NCCOc3ccccc3)cc2)cc1. The molecule has 138 valence electrons. The Kier molecular flexibility index (Phi) is 6.30. The minimum atomic E-state index is -0.154. The Morgan fingerprint density at radius 3 is 2.15 bits per heavy atom. The second kappa shape index (κ2) is 9.29. The fourth-order valence-corrected chi connectivity index (χ4v) is 2.50. The molecular weight excluding hydrogens is 340 g/mol. The summed E-state index contributed by atoms with van der Waals surface area (Å²) in [6, 6.07) is 24.3. The number of amides is 1. The molecule has 5 heteroatoms. The van der Waals surface area contributed by atoms with Crippen molar-refractivity contribution in [1.29, 1.82) is 0 Å².